The first-order chi connectivity index (χ1) is 20.4. The Bertz CT molecular complexity index is 1800. The number of fused-ring (bicyclic) bond motifs is 2. The summed E-state index contributed by atoms with van der Waals surface area (Å²) in [6, 6.07) is 12.3. The second-order valence-corrected chi connectivity index (χ2v) is 11.8. The third-order valence-electron chi connectivity index (χ3n) is 8.44. The molecule has 4 aromatic rings. The van der Waals surface area contributed by atoms with Crippen LogP contribution >= 0.6 is 11.6 Å². The van der Waals surface area contributed by atoms with Crippen molar-refractivity contribution >= 4 is 34.3 Å². The summed E-state index contributed by atoms with van der Waals surface area (Å²) < 4.78 is 25.2. The molecule has 0 spiro atoms. The largest absolute Gasteiger partial charge is 0.494 e. The number of hydrogen-bond donors (Lipinski definition) is 3. The lowest BCUT2D eigenvalue weighted by atomic mass is 9.81. The number of nitrogens with two attached hydrogens (primary N) is 1. The number of benzene rings is 2. The highest BCUT2D eigenvalue weighted by atomic mass is 35.5. The molecule has 1 aliphatic heterocycles. The minimum atomic E-state index is -1.58. The topological polar surface area (TPSA) is 137 Å². The van der Waals surface area contributed by atoms with Gasteiger partial charge in [0.15, 0.2) is 0 Å². The number of methoxy groups -OCH3 is 1. The zero-order chi connectivity index (χ0) is 30.7. The number of aryl methyl sites for hydroxylation is 1. The summed E-state index contributed by atoms with van der Waals surface area (Å²) in [7, 11) is 1.50. The SMILES string of the molecule is COc1cc(C(=O)NC[C@](O)(c2cc3c(c(-c4ccc(F)cc4)n2)OC[C@]3(C)C(N)=O)C2CC2)cc2cc(Cl)c(C)nc12. The number of hydrogen-bond acceptors (Lipinski definition) is 7. The molecule has 0 saturated heterocycles. The third kappa shape index (κ3) is 4.94. The van der Waals surface area contributed by atoms with Crippen molar-refractivity contribution in [2.45, 2.75) is 37.7 Å². The molecule has 222 valence electrons. The van der Waals surface area contributed by atoms with Crippen LogP contribution in [0.5, 0.6) is 11.5 Å². The lowest BCUT2D eigenvalue weighted by Gasteiger charge is -2.30. The van der Waals surface area contributed by atoms with Gasteiger partial charge in [-0.25, -0.2) is 14.4 Å². The highest BCUT2D eigenvalue weighted by Gasteiger charge is 2.50. The second kappa shape index (κ2) is 10.5. The first kappa shape index (κ1) is 28.8. The molecule has 2 atom stereocenters. The normalized spacial score (nSPS) is 18.9. The van der Waals surface area contributed by atoms with Crippen LogP contribution in [-0.4, -0.2) is 47.2 Å². The molecule has 0 unspecified atom stereocenters. The summed E-state index contributed by atoms with van der Waals surface area (Å²) in [5.74, 6) is -0.888. The number of amides is 2. The maximum Gasteiger partial charge on any atom is 0.251 e. The summed E-state index contributed by atoms with van der Waals surface area (Å²) >= 11 is 6.29. The van der Waals surface area contributed by atoms with E-state index in [0.717, 1.165) is 0 Å². The van der Waals surface area contributed by atoms with Crippen molar-refractivity contribution in [3.63, 3.8) is 0 Å². The number of nitrogens with zero attached hydrogens (tertiary/aromatic N) is 2. The molecule has 1 fully saturated rings. The lowest BCUT2D eigenvalue weighted by molar-refractivity contribution is -0.123. The molecule has 1 saturated carbocycles. The van der Waals surface area contributed by atoms with Gasteiger partial charge in [-0.1, -0.05) is 11.6 Å². The molecule has 2 aliphatic rings. The van der Waals surface area contributed by atoms with Gasteiger partial charge in [-0.05, 0) is 81.1 Å². The van der Waals surface area contributed by atoms with Crippen molar-refractivity contribution in [1.29, 1.82) is 0 Å². The van der Waals surface area contributed by atoms with Crippen LogP contribution in [0.25, 0.3) is 22.2 Å². The van der Waals surface area contributed by atoms with Crippen molar-refractivity contribution in [2.24, 2.45) is 11.7 Å². The maximum absolute atomic E-state index is 13.8. The summed E-state index contributed by atoms with van der Waals surface area (Å²) in [4.78, 5) is 35.3. The second-order valence-electron chi connectivity index (χ2n) is 11.4. The number of carbonyl (C=O) groups is 2. The van der Waals surface area contributed by atoms with Gasteiger partial charge in [-0.2, -0.15) is 0 Å². The Morgan fingerprint density at radius 3 is 2.58 bits per heavy atom. The van der Waals surface area contributed by atoms with Crippen molar-refractivity contribution in [2.75, 3.05) is 20.3 Å². The number of ether oxygens (including phenoxy) is 2. The molecule has 2 aromatic carbocycles. The molecule has 0 bridgehead atoms. The van der Waals surface area contributed by atoms with Crippen LogP contribution < -0.4 is 20.5 Å². The number of aromatic nitrogens is 2. The molecule has 2 aromatic heterocycles. The van der Waals surface area contributed by atoms with Crippen LogP contribution in [0.15, 0.2) is 48.5 Å². The minimum Gasteiger partial charge on any atom is -0.494 e. The molecule has 3 heterocycles. The Balaban J connectivity index is 1.39. The van der Waals surface area contributed by atoms with Gasteiger partial charge in [-0.3, -0.25) is 9.59 Å². The van der Waals surface area contributed by atoms with E-state index in [9.17, 15) is 19.1 Å². The molecule has 6 rings (SSSR count). The Labute approximate surface area is 252 Å². The van der Waals surface area contributed by atoms with E-state index in [0.29, 0.717) is 68.3 Å². The number of nitrogens with one attached hydrogen (secondary N) is 1. The van der Waals surface area contributed by atoms with E-state index >= 15 is 0 Å². The van der Waals surface area contributed by atoms with Gasteiger partial charge in [0.25, 0.3) is 5.91 Å². The molecular weight excluding hydrogens is 575 g/mol. The molecule has 11 heteroatoms. The number of rotatable bonds is 8. The van der Waals surface area contributed by atoms with Crippen LogP contribution in [0, 0.1) is 18.7 Å². The number of carbonyl (C=O) groups excluding carboxylic acids is 2. The average Bonchev–Trinajstić information content (AvgIpc) is 3.79. The van der Waals surface area contributed by atoms with Crippen molar-refractivity contribution < 1.29 is 28.6 Å². The quantitative estimate of drug-likeness (QED) is 0.268. The van der Waals surface area contributed by atoms with Gasteiger partial charge in [0.05, 0.1) is 30.1 Å². The van der Waals surface area contributed by atoms with E-state index in [-0.39, 0.29) is 24.8 Å². The third-order valence-corrected chi connectivity index (χ3v) is 8.83. The molecule has 43 heavy (non-hydrogen) atoms. The monoisotopic (exact) mass is 604 g/mol. The van der Waals surface area contributed by atoms with E-state index in [1.807, 2.05) is 0 Å². The van der Waals surface area contributed by atoms with E-state index in [2.05, 4.69) is 10.3 Å². The predicted octanol–water partition coefficient (Wildman–Crippen LogP) is 4.57. The number of halogens is 2. The van der Waals surface area contributed by atoms with Crippen molar-refractivity contribution in [1.82, 2.24) is 15.3 Å². The van der Waals surface area contributed by atoms with Gasteiger partial charge in [0, 0.05) is 22.1 Å². The van der Waals surface area contributed by atoms with Gasteiger partial charge in [0.2, 0.25) is 5.91 Å². The van der Waals surface area contributed by atoms with Gasteiger partial charge in [0.1, 0.15) is 46.1 Å². The van der Waals surface area contributed by atoms with E-state index in [1.165, 1.54) is 19.2 Å². The van der Waals surface area contributed by atoms with E-state index in [4.69, 9.17) is 31.8 Å². The van der Waals surface area contributed by atoms with Crippen LogP contribution in [0.3, 0.4) is 0 Å². The fraction of sp³-hybridized carbons (Fsp3) is 0.312. The zero-order valence-corrected chi connectivity index (χ0v) is 24.6. The number of aliphatic hydroxyl groups is 1. The van der Waals surface area contributed by atoms with Crippen LogP contribution in [0.2, 0.25) is 5.02 Å². The smallest absolute Gasteiger partial charge is 0.251 e. The molecule has 4 N–H and O–H groups in total. The van der Waals surface area contributed by atoms with E-state index in [1.54, 1.807) is 50.2 Å². The summed E-state index contributed by atoms with van der Waals surface area (Å²) in [6.45, 7) is 3.30. The molecule has 2 amide bonds. The molecule has 0 radical (unpaired) electrons. The standard InChI is InChI=1S/C32H30ClFN4O5/c1-16-23(33)11-18-10-19(12-24(42-3)26(18)37-16)29(39)36-14-32(41,20-6-7-20)25-13-22-28(43-15-31(22,2)30(35)40)27(38-25)17-4-8-21(34)9-5-17/h4-5,8-13,20,41H,6-7,14-15H2,1-3H3,(H2,35,40)(H,36,39)/t31-,32+/m0/s1. The Kier molecular flexibility index (Phi) is 7.01. The Morgan fingerprint density at radius 1 is 1.21 bits per heavy atom. The summed E-state index contributed by atoms with van der Waals surface area (Å²) in [5.41, 5.74) is 6.18. The lowest BCUT2D eigenvalue weighted by Crippen LogP contribution is -2.44. The Hall–Kier alpha value is -4.28. The van der Waals surface area contributed by atoms with Crippen molar-refractivity contribution in [3.05, 3.63) is 81.9 Å². The highest BCUT2D eigenvalue weighted by Crippen LogP contribution is 2.50. The van der Waals surface area contributed by atoms with Crippen molar-refractivity contribution in [3.8, 4) is 22.8 Å². The predicted molar refractivity (Wildman–Crippen MR) is 159 cm³/mol. The van der Waals surface area contributed by atoms with Gasteiger partial charge in [-0.15, -0.1) is 0 Å². The Morgan fingerprint density at radius 2 is 1.93 bits per heavy atom. The first-order valence-electron chi connectivity index (χ1n) is 13.8. The summed E-state index contributed by atoms with van der Waals surface area (Å²) in [6.07, 6.45) is 1.43. The molecular formula is C32H30ClFN4O5. The van der Waals surface area contributed by atoms with Crippen LogP contribution in [0.4, 0.5) is 4.39 Å². The first-order valence-corrected chi connectivity index (χ1v) is 14.2. The van der Waals surface area contributed by atoms with E-state index < -0.39 is 28.6 Å². The van der Waals surface area contributed by atoms with Crippen LogP contribution in [0.1, 0.15) is 47.1 Å². The van der Waals surface area contributed by atoms with Gasteiger partial charge >= 0.3 is 0 Å². The highest BCUT2D eigenvalue weighted by molar-refractivity contribution is 6.31. The number of pyridine rings is 2. The molecule has 9 nitrogen and oxygen atoms in total. The zero-order valence-electron chi connectivity index (χ0n) is 23.8. The fourth-order valence-corrected chi connectivity index (χ4v) is 5.70. The molecule has 1 aliphatic carbocycles. The number of primary amides is 1. The maximum atomic E-state index is 13.8. The minimum absolute atomic E-state index is 0.00220. The van der Waals surface area contributed by atoms with Gasteiger partial charge < -0.3 is 25.6 Å². The average molecular weight is 605 g/mol. The fourth-order valence-electron chi connectivity index (χ4n) is 5.54. The summed E-state index contributed by atoms with van der Waals surface area (Å²) in [5, 5.41) is 16.1. The van der Waals surface area contributed by atoms with Crippen LogP contribution in [-0.2, 0) is 15.8 Å².